The van der Waals surface area contributed by atoms with E-state index in [-0.39, 0.29) is 5.82 Å². The number of anilines is 1. The Labute approximate surface area is 124 Å². The molecular formula is C17H19FN2O. The second-order valence-electron chi connectivity index (χ2n) is 5.30. The molecule has 0 saturated heterocycles. The molecule has 110 valence electrons. The highest BCUT2D eigenvalue weighted by molar-refractivity contribution is 5.90. The van der Waals surface area contributed by atoms with Gasteiger partial charge < -0.3 is 5.73 Å². The number of primary amides is 1. The Morgan fingerprint density at radius 1 is 1.10 bits per heavy atom. The van der Waals surface area contributed by atoms with Gasteiger partial charge in [0.25, 0.3) is 0 Å². The van der Waals surface area contributed by atoms with E-state index in [1.807, 2.05) is 24.3 Å². The Hall–Kier alpha value is -2.36. The zero-order valence-electron chi connectivity index (χ0n) is 12.2. The third-order valence-electron chi connectivity index (χ3n) is 3.39. The van der Waals surface area contributed by atoms with Crippen LogP contribution in [-0.4, -0.2) is 6.03 Å². The minimum Gasteiger partial charge on any atom is -0.351 e. The Morgan fingerprint density at radius 2 is 1.67 bits per heavy atom. The summed E-state index contributed by atoms with van der Waals surface area (Å²) >= 11 is 0. The molecular weight excluding hydrogens is 267 g/mol. The number of nitrogens with two attached hydrogens (primary N) is 1. The van der Waals surface area contributed by atoms with E-state index in [2.05, 4.69) is 13.8 Å². The molecule has 0 heterocycles. The molecule has 0 aliphatic rings. The van der Waals surface area contributed by atoms with E-state index in [0.717, 1.165) is 11.3 Å². The number of nitrogens with zero attached hydrogens (tertiary/aromatic N) is 1. The minimum absolute atomic E-state index is 0.300. The van der Waals surface area contributed by atoms with Crippen molar-refractivity contribution < 1.29 is 9.18 Å². The molecule has 0 radical (unpaired) electrons. The molecule has 0 aromatic heterocycles. The lowest BCUT2D eigenvalue weighted by Gasteiger charge is -2.21. The number of amides is 2. The van der Waals surface area contributed by atoms with Crippen molar-refractivity contribution in [1.82, 2.24) is 0 Å². The fourth-order valence-corrected chi connectivity index (χ4v) is 2.11. The number of hydrogen-bond acceptors (Lipinski definition) is 1. The van der Waals surface area contributed by atoms with Gasteiger partial charge in [-0.25, -0.2) is 9.18 Å². The number of hydrogen-bond donors (Lipinski definition) is 1. The van der Waals surface area contributed by atoms with Crippen LogP contribution >= 0.6 is 0 Å². The molecule has 2 N–H and O–H groups in total. The van der Waals surface area contributed by atoms with Gasteiger partial charge in [-0.15, -0.1) is 0 Å². The molecule has 0 aliphatic heterocycles. The van der Waals surface area contributed by atoms with Gasteiger partial charge >= 0.3 is 6.03 Å². The number of rotatable bonds is 4. The molecule has 0 unspecified atom stereocenters. The number of benzene rings is 2. The van der Waals surface area contributed by atoms with Crippen LogP contribution in [0.15, 0.2) is 48.5 Å². The van der Waals surface area contributed by atoms with Crippen LogP contribution < -0.4 is 10.6 Å². The molecule has 2 aromatic carbocycles. The molecule has 2 rings (SSSR count). The van der Waals surface area contributed by atoms with Gasteiger partial charge in [0.05, 0.1) is 6.54 Å². The first-order chi connectivity index (χ1) is 9.97. The fourth-order valence-electron chi connectivity index (χ4n) is 2.11. The summed E-state index contributed by atoms with van der Waals surface area (Å²) in [4.78, 5) is 13.1. The number of carbonyl (C=O) groups is 1. The lowest BCUT2D eigenvalue weighted by Crippen LogP contribution is -2.35. The van der Waals surface area contributed by atoms with E-state index >= 15 is 0 Å². The predicted octanol–water partition coefficient (Wildman–Crippen LogP) is 4.03. The summed E-state index contributed by atoms with van der Waals surface area (Å²) in [6, 6.07) is 13.2. The van der Waals surface area contributed by atoms with E-state index in [1.54, 1.807) is 12.1 Å². The number of halogens is 1. The zero-order chi connectivity index (χ0) is 15.4. The summed E-state index contributed by atoms with van der Waals surface area (Å²) in [6.45, 7) is 4.54. The van der Waals surface area contributed by atoms with Gasteiger partial charge in [-0.1, -0.05) is 38.1 Å². The Bertz CT molecular complexity index is 606. The Kier molecular flexibility index (Phi) is 4.58. The van der Waals surface area contributed by atoms with Crippen LogP contribution in [-0.2, 0) is 6.54 Å². The summed E-state index contributed by atoms with van der Waals surface area (Å²) in [5.74, 6) is 0.129. The van der Waals surface area contributed by atoms with Crippen molar-refractivity contribution in [1.29, 1.82) is 0 Å². The summed E-state index contributed by atoms with van der Waals surface area (Å²) in [5.41, 5.74) is 8.21. The van der Waals surface area contributed by atoms with Gasteiger partial charge in [-0.2, -0.15) is 0 Å². The Balaban J connectivity index is 2.22. The van der Waals surface area contributed by atoms with Gasteiger partial charge in [0, 0.05) is 5.69 Å². The maximum absolute atomic E-state index is 12.9. The number of carbonyl (C=O) groups excluding carboxylic acids is 1. The first-order valence-electron chi connectivity index (χ1n) is 6.88. The van der Waals surface area contributed by atoms with Crippen molar-refractivity contribution in [3.05, 3.63) is 65.5 Å². The van der Waals surface area contributed by atoms with Crippen molar-refractivity contribution >= 4 is 11.7 Å². The predicted molar refractivity (Wildman–Crippen MR) is 82.7 cm³/mol. The average molecular weight is 286 g/mol. The van der Waals surface area contributed by atoms with Crippen LogP contribution in [0.5, 0.6) is 0 Å². The molecule has 2 amide bonds. The smallest absolute Gasteiger partial charge is 0.319 e. The fraction of sp³-hybridized carbons (Fsp3) is 0.235. The largest absolute Gasteiger partial charge is 0.351 e. The van der Waals surface area contributed by atoms with E-state index in [4.69, 9.17) is 5.73 Å². The van der Waals surface area contributed by atoms with Crippen LogP contribution in [0.4, 0.5) is 14.9 Å². The molecule has 3 nitrogen and oxygen atoms in total. The van der Waals surface area contributed by atoms with Crippen molar-refractivity contribution in [2.75, 3.05) is 4.90 Å². The van der Waals surface area contributed by atoms with E-state index in [1.165, 1.54) is 22.6 Å². The highest BCUT2D eigenvalue weighted by Crippen LogP contribution is 2.21. The Morgan fingerprint density at radius 3 is 2.14 bits per heavy atom. The van der Waals surface area contributed by atoms with Crippen LogP contribution in [0, 0.1) is 5.82 Å². The molecule has 21 heavy (non-hydrogen) atoms. The van der Waals surface area contributed by atoms with Crippen LogP contribution in [0.1, 0.15) is 30.9 Å². The van der Waals surface area contributed by atoms with Crippen LogP contribution in [0.25, 0.3) is 0 Å². The summed E-state index contributed by atoms with van der Waals surface area (Å²) in [5, 5.41) is 0. The van der Waals surface area contributed by atoms with E-state index in [0.29, 0.717) is 12.5 Å². The van der Waals surface area contributed by atoms with Crippen LogP contribution in [0.2, 0.25) is 0 Å². The summed E-state index contributed by atoms with van der Waals surface area (Å²) in [6.07, 6.45) is 0. The first kappa shape index (κ1) is 15.0. The zero-order valence-corrected chi connectivity index (χ0v) is 12.2. The third kappa shape index (κ3) is 3.81. The van der Waals surface area contributed by atoms with Crippen molar-refractivity contribution in [2.45, 2.75) is 26.3 Å². The molecule has 0 spiro atoms. The topological polar surface area (TPSA) is 46.3 Å². The van der Waals surface area contributed by atoms with Crippen molar-refractivity contribution in [3.63, 3.8) is 0 Å². The average Bonchev–Trinajstić information content (AvgIpc) is 2.46. The monoisotopic (exact) mass is 286 g/mol. The maximum Gasteiger partial charge on any atom is 0.319 e. The lowest BCUT2D eigenvalue weighted by molar-refractivity contribution is 0.253. The molecule has 0 aliphatic carbocycles. The SMILES string of the molecule is CC(C)c1ccc(N(Cc2ccc(F)cc2)C(N)=O)cc1. The second-order valence-corrected chi connectivity index (χ2v) is 5.30. The van der Waals surface area contributed by atoms with Gasteiger partial charge in [-0.05, 0) is 41.3 Å². The quantitative estimate of drug-likeness (QED) is 0.906. The molecule has 4 heteroatoms. The maximum atomic E-state index is 12.9. The van der Waals surface area contributed by atoms with Crippen molar-refractivity contribution in [2.24, 2.45) is 5.73 Å². The molecule has 0 fully saturated rings. The van der Waals surface area contributed by atoms with Gasteiger partial charge in [0.2, 0.25) is 0 Å². The van der Waals surface area contributed by atoms with Gasteiger partial charge in [0.1, 0.15) is 5.82 Å². The molecule has 0 saturated carbocycles. The standard InChI is InChI=1S/C17H19FN2O/c1-12(2)14-5-9-16(10-6-14)20(17(19)21)11-13-3-7-15(18)8-4-13/h3-10,12H,11H2,1-2H3,(H2,19,21). The molecule has 2 aromatic rings. The summed E-state index contributed by atoms with van der Waals surface area (Å²) < 4.78 is 12.9. The van der Waals surface area contributed by atoms with Gasteiger partial charge in [0.15, 0.2) is 0 Å². The summed E-state index contributed by atoms with van der Waals surface area (Å²) in [7, 11) is 0. The highest BCUT2D eigenvalue weighted by atomic mass is 19.1. The van der Waals surface area contributed by atoms with E-state index < -0.39 is 6.03 Å². The molecule has 0 bridgehead atoms. The third-order valence-corrected chi connectivity index (χ3v) is 3.39. The van der Waals surface area contributed by atoms with Crippen LogP contribution in [0.3, 0.4) is 0 Å². The van der Waals surface area contributed by atoms with Gasteiger partial charge in [-0.3, -0.25) is 4.90 Å². The normalized spacial score (nSPS) is 10.7. The highest BCUT2D eigenvalue weighted by Gasteiger charge is 2.13. The first-order valence-corrected chi connectivity index (χ1v) is 6.88. The number of urea groups is 1. The molecule has 0 atom stereocenters. The van der Waals surface area contributed by atoms with E-state index in [9.17, 15) is 9.18 Å². The minimum atomic E-state index is -0.531. The second kappa shape index (κ2) is 6.39. The lowest BCUT2D eigenvalue weighted by atomic mass is 10.0. The van der Waals surface area contributed by atoms with Crippen molar-refractivity contribution in [3.8, 4) is 0 Å².